The van der Waals surface area contributed by atoms with Crippen LogP contribution in [0.5, 0.6) is 5.75 Å². The average Bonchev–Trinajstić information content (AvgIpc) is 2.71. The highest BCUT2D eigenvalue weighted by Gasteiger charge is 2.39. The summed E-state index contributed by atoms with van der Waals surface area (Å²) in [6.45, 7) is 0.971. The number of ether oxygens (including phenoxy) is 1. The molecule has 0 saturated carbocycles. The minimum absolute atomic E-state index is 0.145. The van der Waals surface area contributed by atoms with Gasteiger partial charge in [0.2, 0.25) is 0 Å². The second-order valence-electron chi connectivity index (χ2n) is 7.72. The Kier molecular flexibility index (Phi) is 6.23. The van der Waals surface area contributed by atoms with E-state index in [-0.39, 0.29) is 11.9 Å². The first-order valence-electron chi connectivity index (χ1n) is 9.86. The number of halogens is 1. The highest BCUT2D eigenvalue weighted by atomic mass is 35.5. The van der Waals surface area contributed by atoms with Crippen molar-refractivity contribution in [2.75, 3.05) is 24.3 Å². The molecule has 0 radical (unpaired) electrons. The Balaban J connectivity index is 1.45. The van der Waals surface area contributed by atoms with Gasteiger partial charge in [0.25, 0.3) is 5.91 Å². The van der Waals surface area contributed by atoms with E-state index < -0.39 is 0 Å². The molecule has 2 aromatic carbocycles. The Morgan fingerprint density at radius 2 is 1.93 bits per heavy atom. The molecule has 0 aromatic heterocycles. The molecule has 5 nitrogen and oxygen atoms in total. The number of nitrogens with zero attached hydrogens (tertiary/aromatic N) is 1. The largest absolute Gasteiger partial charge is 0.496 e. The Bertz CT molecular complexity index is 866. The first kappa shape index (κ1) is 20.4. The fraction of sp³-hybridized carbons (Fsp3) is 0.409. The zero-order valence-electron chi connectivity index (χ0n) is 16.4. The highest BCUT2D eigenvalue weighted by molar-refractivity contribution is 7.99. The molecule has 2 fully saturated rings. The molecule has 2 saturated heterocycles. The van der Waals surface area contributed by atoms with Crippen LogP contribution in [0, 0.1) is 0 Å². The second kappa shape index (κ2) is 8.86. The number of carbonyl (C=O) groups excluding carboxylic acids is 1. The first-order chi connectivity index (χ1) is 14.0. The zero-order chi connectivity index (χ0) is 20.4. The van der Waals surface area contributed by atoms with Crippen molar-refractivity contribution in [3.8, 4) is 5.75 Å². The maximum atomic E-state index is 12.9. The smallest absolute Gasteiger partial charge is 0.255 e. The molecule has 2 aliphatic rings. The van der Waals surface area contributed by atoms with Crippen molar-refractivity contribution < 1.29 is 9.53 Å². The van der Waals surface area contributed by atoms with Gasteiger partial charge in [0.05, 0.1) is 23.4 Å². The van der Waals surface area contributed by atoms with E-state index in [1.165, 1.54) is 12.7 Å². The summed E-state index contributed by atoms with van der Waals surface area (Å²) in [4.78, 5) is 15.6. The number of hydrogen-bond donors (Lipinski definition) is 2. The minimum Gasteiger partial charge on any atom is -0.496 e. The molecule has 2 aliphatic heterocycles. The van der Waals surface area contributed by atoms with Crippen LogP contribution in [-0.4, -0.2) is 47.5 Å². The lowest BCUT2D eigenvalue weighted by molar-refractivity contribution is 0.0666. The maximum absolute atomic E-state index is 12.9. The normalized spacial score (nSPS) is 24.1. The third-order valence-corrected chi connectivity index (χ3v) is 7.35. The number of benzene rings is 2. The Morgan fingerprint density at radius 3 is 2.59 bits per heavy atom. The molecular formula is C22H26ClN3O2S. The molecular weight excluding hydrogens is 406 g/mol. The van der Waals surface area contributed by atoms with E-state index in [1.54, 1.807) is 12.1 Å². The number of carbonyl (C=O) groups is 1. The van der Waals surface area contributed by atoms with Crippen molar-refractivity contribution in [3.63, 3.8) is 0 Å². The van der Waals surface area contributed by atoms with E-state index in [4.69, 9.17) is 22.1 Å². The summed E-state index contributed by atoms with van der Waals surface area (Å²) in [5.74, 6) is 2.50. The van der Waals surface area contributed by atoms with Crippen LogP contribution >= 0.6 is 23.4 Å². The molecule has 3 N–H and O–H groups in total. The van der Waals surface area contributed by atoms with E-state index in [2.05, 4.69) is 40.5 Å². The molecule has 2 bridgehead atoms. The van der Waals surface area contributed by atoms with Crippen molar-refractivity contribution in [1.29, 1.82) is 0 Å². The molecule has 0 spiro atoms. The van der Waals surface area contributed by atoms with E-state index in [1.807, 2.05) is 11.8 Å². The van der Waals surface area contributed by atoms with Gasteiger partial charge in [-0.2, -0.15) is 11.8 Å². The van der Waals surface area contributed by atoms with Crippen molar-refractivity contribution in [3.05, 3.63) is 58.6 Å². The second-order valence-corrected chi connectivity index (χ2v) is 9.20. The van der Waals surface area contributed by atoms with Gasteiger partial charge in [-0.1, -0.05) is 41.9 Å². The molecule has 2 atom stereocenters. The number of anilines is 1. The number of thioether (sulfide) groups is 1. The lowest BCUT2D eigenvalue weighted by atomic mass is 9.91. The average molecular weight is 432 g/mol. The van der Waals surface area contributed by atoms with Crippen molar-refractivity contribution in [2.45, 2.75) is 37.5 Å². The summed E-state index contributed by atoms with van der Waals surface area (Å²) in [5.41, 5.74) is 8.02. The molecule has 4 rings (SSSR count). The van der Waals surface area contributed by atoms with Gasteiger partial charge in [-0.3, -0.25) is 9.69 Å². The number of hydrogen-bond acceptors (Lipinski definition) is 5. The molecule has 7 heteroatoms. The molecule has 2 unspecified atom stereocenters. The Morgan fingerprint density at radius 1 is 1.24 bits per heavy atom. The van der Waals surface area contributed by atoms with Gasteiger partial charge < -0.3 is 15.8 Å². The topological polar surface area (TPSA) is 67.6 Å². The van der Waals surface area contributed by atoms with Crippen molar-refractivity contribution in [2.24, 2.45) is 0 Å². The molecule has 154 valence electrons. The third-order valence-electron chi connectivity index (χ3n) is 5.78. The van der Waals surface area contributed by atoms with Gasteiger partial charge in [0.1, 0.15) is 5.75 Å². The Labute approximate surface area is 180 Å². The summed E-state index contributed by atoms with van der Waals surface area (Å²) in [5, 5.41) is 3.58. The van der Waals surface area contributed by atoms with Crippen molar-refractivity contribution >= 4 is 35.0 Å². The summed E-state index contributed by atoms with van der Waals surface area (Å²) in [6, 6.07) is 14.9. The van der Waals surface area contributed by atoms with E-state index in [0.29, 0.717) is 34.1 Å². The Hall–Kier alpha value is -1.89. The van der Waals surface area contributed by atoms with Crippen LogP contribution in [0.25, 0.3) is 0 Å². The molecule has 1 amide bonds. The van der Waals surface area contributed by atoms with Gasteiger partial charge in [-0.25, -0.2) is 0 Å². The van der Waals surface area contributed by atoms with Gasteiger partial charge in [0.15, 0.2) is 0 Å². The van der Waals surface area contributed by atoms with Crippen LogP contribution < -0.4 is 15.8 Å². The standard InChI is InChI=1S/C22H26ClN3O2S/c1-28-21-10-20(24)19(23)9-18(21)22(27)25-15-7-16-12-29-13-17(8-15)26(16)11-14-5-3-2-4-6-14/h2-6,9-10,15-17H,7-8,11-13,24H2,1H3,(H,25,27). The lowest BCUT2D eigenvalue weighted by Gasteiger charge is -2.48. The zero-order valence-corrected chi connectivity index (χ0v) is 18.0. The van der Waals surface area contributed by atoms with Gasteiger partial charge in [-0.05, 0) is 24.5 Å². The number of piperidine rings is 1. The van der Waals surface area contributed by atoms with Crippen molar-refractivity contribution in [1.82, 2.24) is 10.2 Å². The van der Waals surface area contributed by atoms with Crippen LogP contribution in [0.3, 0.4) is 0 Å². The number of nitrogen functional groups attached to an aromatic ring is 1. The number of nitrogens with one attached hydrogen (secondary N) is 1. The van der Waals surface area contributed by atoms with E-state index >= 15 is 0 Å². The maximum Gasteiger partial charge on any atom is 0.255 e. The fourth-order valence-corrected chi connectivity index (χ4v) is 5.84. The van der Waals surface area contributed by atoms with Crippen LogP contribution in [0.15, 0.2) is 42.5 Å². The van der Waals surface area contributed by atoms with Gasteiger partial charge in [0, 0.05) is 42.2 Å². The van der Waals surface area contributed by atoms with E-state index in [9.17, 15) is 4.79 Å². The predicted molar refractivity (Wildman–Crippen MR) is 120 cm³/mol. The van der Waals surface area contributed by atoms with Gasteiger partial charge >= 0.3 is 0 Å². The lowest BCUT2D eigenvalue weighted by Crippen LogP contribution is -2.58. The van der Waals surface area contributed by atoms with Crippen LogP contribution in [0.4, 0.5) is 5.69 Å². The monoisotopic (exact) mass is 431 g/mol. The highest BCUT2D eigenvalue weighted by Crippen LogP contribution is 2.35. The summed E-state index contributed by atoms with van der Waals surface area (Å²) in [6.07, 6.45) is 1.90. The first-order valence-corrected chi connectivity index (χ1v) is 11.4. The quantitative estimate of drug-likeness (QED) is 0.704. The summed E-state index contributed by atoms with van der Waals surface area (Å²) >= 11 is 8.16. The number of rotatable bonds is 5. The molecule has 0 aliphatic carbocycles. The number of amides is 1. The third kappa shape index (κ3) is 4.49. The van der Waals surface area contributed by atoms with Crippen LogP contribution in [0.2, 0.25) is 5.02 Å². The van der Waals surface area contributed by atoms with Crippen LogP contribution in [0.1, 0.15) is 28.8 Å². The number of fused-ring (bicyclic) bond motifs is 2. The summed E-state index contributed by atoms with van der Waals surface area (Å²) < 4.78 is 5.34. The minimum atomic E-state index is -0.156. The van der Waals surface area contributed by atoms with E-state index in [0.717, 1.165) is 30.9 Å². The summed E-state index contributed by atoms with van der Waals surface area (Å²) in [7, 11) is 1.53. The molecule has 2 heterocycles. The molecule has 2 aromatic rings. The number of methoxy groups -OCH3 is 1. The number of nitrogens with two attached hydrogens (primary N) is 1. The SMILES string of the molecule is COc1cc(N)c(Cl)cc1C(=O)NC1CC2CSCC(C1)N2Cc1ccccc1. The predicted octanol–water partition coefficient (Wildman–Crippen LogP) is 3.81. The van der Waals surface area contributed by atoms with Crippen LogP contribution in [-0.2, 0) is 6.54 Å². The molecule has 29 heavy (non-hydrogen) atoms. The van der Waals surface area contributed by atoms with Gasteiger partial charge in [-0.15, -0.1) is 0 Å². The fourth-order valence-electron chi connectivity index (χ4n) is 4.34.